The minimum atomic E-state index is 0.100. The van der Waals surface area contributed by atoms with E-state index in [1.807, 2.05) is 0 Å². The Morgan fingerprint density at radius 2 is 1.47 bits per heavy atom. The van der Waals surface area contributed by atoms with Gasteiger partial charge in [-0.3, -0.25) is 0 Å². The summed E-state index contributed by atoms with van der Waals surface area (Å²) in [6, 6.07) is 12.1. The van der Waals surface area contributed by atoms with E-state index >= 15 is 0 Å². The first-order valence-corrected chi connectivity index (χ1v) is 14.4. The van der Waals surface area contributed by atoms with Gasteiger partial charge in [-0.15, -0.1) is 0 Å². The fraction of sp³-hybridized carbons (Fsp3) is 0.529. The van der Waals surface area contributed by atoms with Crippen molar-refractivity contribution in [2.45, 2.75) is 99.5 Å². The van der Waals surface area contributed by atoms with Crippen molar-refractivity contribution in [1.82, 2.24) is 4.98 Å². The van der Waals surface area contributed by atoms with E-state index in [4.69, 9.17) is 4.98 Å². The van der Waals surface area contributed by atoms with Crippen LogP contribution in [0.15, 0.2) is 36.5 Å². The fourth-order valence-corrected chi connectivity index (χ4v) is 6.76. The highest BCUT2D eigenvalue weighted by molar-refractivity contribution is 6.23. The summed E-state index contributed by atoms with van der Waals surface area (Å²) in [5.41, 5.74) is 8.48. The smallest absolute Gasteiger partial charge is 0.240 e. The lowest BCUT2D eigenvalue weighted by Gasteiger charge is -2.33. The van der Waals surface area contributed by atoms with Gasteiger partial charge in [0.15, 0.2) is 11.7 Å². The molecule has 36 heavy (non-hydrogen) atoms. The number of benzene rings is 3. The summed E-state index contributed by atoms with van der Waals surface area (Å²) in [5, 5.41) is 5.57. The van der Waals surface area contributed by atoms with Gasteiger partial charge in [0, 0.05) is 24.6 Å². The van der Waals surface area contributed by atoms with Gasteiger partial charge in [0.05, 0.1) is 5.39 Å². The first kappa shape index (κ1) is 25.2. The number of fused-ring (bicyclic) bond motifs is 3. The second kappa shape index (κ2) is 9.43. The molecule has 1 aromatic heterocycles. The van der Waals surface area contributed by atoms with E-state index in [0.29, 0.717) is 17.8 Å². The molecule has 5 rings (SSSR count). The Morgan fingerprint density at radius 1 is 0.806 bits per heavy atom. The molecule has 0 atom stereocenters. The summed E-state index contributed by atoms with van der Waals surface area (Å²) >= 11 is 0. The fourth-order valence-electron chi connectivity index (χ4n) is 6.76. The Kier molecular flexibility index (Phi) is 6.60. The molecule has 0 bridgehead atoms. The molecular formula is C34H45N2+. The van der Waals surface area contributed by atoms with Crippen LogP contribution in [0.5, 0.6) is 0 Å². The van der Waals surface area contributed by atoms with Crippen LogP contribution in [-0.4, -0.2) is 4.98 Å². The predicted molar refractivity (Wildman–Crippen MR) is 155 cm³/mol. The Labute approximate surface area is 218 Å². The lowest BCUT2D eigenvalue weighted by Crippen LogP contribution is -2.59. The van der Waals surface area contributed by atoms with Gasteiger partial charge < -0.3 is 0 Å². The molecule has 2 heterocycles. The summed E-state index contributed by atoms with van der Waals surface area (Å²) in [6.45, 7) is 18.7. The van der Waals surface area contributed by atoms with E-state index in [1.165, 1.54) is 43.8 Å². The summed E-state index contributed by atoms with van der Waals surface area (Å²) in [4.78, 5) is 5.45. The van der Waals surface area contributed by atoms with Crippen LogP contribution in [0.1, 0.15) is 90.6 Å². The number of aromatic nitrogens is 2. The first-order chi connectivity index (χ1) is 17.2. The first-order valence-electron chi connectivity index (χ1n) is 14.4. The largest absolute Gasteiger partial charge is 0.240 e. The highest BCUT2D eigenvalue weighted by atomic mass is 15.1. The van der Waals surface area contributed by atoms with E-state index in [9.17, 15) is 0 Å². The maximum absolute atomic E-state index is 5.45. The van der Waals surface area contributed by atoms with Crippen LogP contribution < -0.4 is 4.57 Å². The minimum Gasteiger partial charge on any atom is -0.240 e. The molecule has 0 N–H and O–H groups in total. The van der Waals surface area contributed by atoms with E-state index in [-0.39, 0.29) is 5.54 Å². The van der Waals surface area contributed by atoms with E-state index in [0.717, 1.165) is 38.5 Å². The van der Waals surface area contributed by atoms with Crippen molar-refractivity contribution < 1.29 is 4.57 Å². The Bertz CT molecular complexity index is 1440. The second-order valence-corrected chi connectivity index (χ2v) is 12.7. The van der Waals surface area contributed by atoms with E-state index < -0.39 is 0 Å². The Hall–Kier alpha value is -2.48. The van der Waals surface area contributed by atoms with E-state index in [2.05, 4.69) is 96.5 Å². The summed E-state index contributed by atoms with van der Waals surface area (Å²) < 4.78 is 2.69. The van der Waals surface area contributed by atoms with Crippen LogP contribution in [0.3, 0.4) is 0 Å². The van der Waals surface area contributed by atoms with Crippen LogP contribution >= 0.6 is 0 Å². The van der Waals surface area contributed by atoms with Crippen LogP contribution in [0.25, 0.3) is 32.6 Å². The molecule has 1 aliphatic heterocycles. The molecule has 0 unspecified atom stereocenters. The Morgan fingerprint density at radius 3 is 2.11 bits per heavy atom. The maximum Gasteiger partial charge on any atom is 0.240 e. The van der Waals surface area contributed by atoms with Crippen molar-refractivity contribution in [2.75, 3.05) is 0 Å². The lowest BCUT2D eigenvalue weighted by atomic mass is 9.76. The number of hydrogen-bond acceptors (Lipinski definition) is 1. The molecule has 0 amide bonds. The molecule has 0 fully saturated rings. The molecule has 0 spiro atoms. The SMILES string of the molecule is CCC1(CC)Cc2c(CC(C)C)ccc3c4ccc(CC(C)C)cc4c4nc(CC(C)C)c[n+]1c4c23. The van der Waals surface area contributed by atoms with Gasteiger partial charge in [-0.2, -0.15) is 4.57 Å². The van der Waals surface area contributed by atoms with Gasteiger partial charge in [0.2, 0.25) is 5.52 Å². The highest BCUT2D eigenvalue weighted by Gasteiger charge is 2.44. The normalized spacial score (nSPS) is 15.0. The van der Waals surface area contributed by atoms with E-state index in [1.54, 1.807) is 11.1 Å². The summed E-state index contributed by atoms with van der Waals surface area (Å²) in [5.74, 6) is 1.87. The quantitative estimate of drug-likeness (QED) is 0.182. The van der Waals surface area contributed by atoms with Crippen molar-refractivity contribution in [3.8, 4) is 0 Å². The Balaban J connectivity index is 1.99. The van der Waals surface area contributed by atoms with Crippen molar-refractivity contribution in [1.29, 1.82) is 0 Å². The molecule has 190 valence electrons. The zero-order chi connectivity index (χ0) is 25.8. The van der Waals surface area contributed by atoms with Crippen molar-refractivity contribution in [3.05, 3.63) is 58.9 Å². The van der Waals surface area contributed by atoms with Gasteiger partial charge in [0.1, 0.15) is 11.2 Å². The molecule has 2 nitrogen and oxygen atoms in total. The third-order valence-electron chi connectivity index (χ3n) is 8.50. The summed E-state index contributed by atoms with van der Waals surface area (Å²) in [6.07, 6.45) is 9.08. The average Bonchev–Trinajstić information content (AvgIpc) is 2.82. The van der Waals surface area contributed by atoms with Gasteiger partial charge >= 0.3 is 0 Å². The van der Waals surface area contributed by atoms with Gasteiger partial charge in [0.25, 0.3) is 0 Å². The van der Waals surface area contributed by atoms with Crippen LogP contribution in [0.4, 0.5) is 0 Å². The van der Waals surface area contributed by atoms with Crippen molar-refractivity contribution in [2.24, 2.45) is 17.8 Å². The molecule has 0 saturated heterocycles. The topological polar surface area (TPSA) is 16.8 Å². The van der Waals surface area contributed by atoms with Crippen molar-refractivity contribution >= 4 is 32.6 Å². The molecule has 2 heteroatoms. The van der Waals surface area contributed by atoms with Crippen LogP contribution in [0, 0.1) is 17.8 Å². The standard InChI is InChI=1S/C34H45N2/c1-9-34(10-2)19-30-25(16-22(5)6)12-14-28-27-13-11-24(15-21(3)4)18-29(27)32-33(31(28)30)36(34)20-26(35-32)17-23(7)8/h11-14,18,20-23H,9-10,15-17,19H2,1-8H3/q+1. The van der Waals surface area contributed by atoms with Crippen LogP contribution in [0.2, 0.25) is 0 Å². The third-order valence-corrected chi connectivity index (χ3v) is 8.50. The second-order valence-electron chi connectivity index (χ2n) is 12.7. The monoisotopic (exact) mass is 481 g/mol. The zero-order valence-corrected chi connectivity index (χ0v) is 23.8. The maximum atomic E-state index is 5.45. The molecular weight excluding hydrogens is 436 g/mol. The summed E-state index contributed by atoms with van der Waals surface area (Å²) in [7, 11) is 0. The molecule has 0 radical (unpaired) electrons. The molecule has 0 saturated carbocycles. The predicted octanol–water partition coefficient (Wildman–Crippen LogP) is 8.50. The zero-order valence-electron chi connectivity index (χ0n) is 23.8. The van der Waals surface area contributed by atoms with Gasteiger partial charge in [-0.1, -0.05) is 79.7 Å². The minimum absolute atomic E-state index is 0.100. The number of rotatable bonds is 8. The van der Waals surface area contributed by atoms with Crippen molar-refractivity contribution in [3.63, 3.8) is 0 Å². The molecule has 1 aliphatic rings. The number of hydrogen-bond donors (Lipinski definition) is 0. The highest BCUT2D eigenvalue weighted by Crippen LogP contribution is 2.43. The molecule has 3 aromatic carbocycles. The lowest BCUT2D eigenvalue weighted by molar-refractivity contribution is -0.744. The molecule has 4 aromatic rings. The van der Waals surface area contributed by atoms with Gasteiger partial charge in [-0.25, -0.2) is 4.98 Å². The average molecular weight is 482 g/mol. The van der Waals surface area contributed by atoms with Crippen LogP contribution in [-0.2, 0) is 31.2 Å². The van der Waals surface area contributed by atoms with Gasteiger partial charge in [-0.05, 0) is 70.5 Å². The molecule has 0 aliphatic carbocycles. The number of nitrogens with zero attached hydrogens (tertiary/aromatic N) is 2. The third kappa shape index (κ3) is 4.11.